The second-order valence-corrected chi connectivity index (χ2v) is 14.9. The molecule has 1 unspecified atom stereocenters. The maximum Gasteiger partial charge on any atom is 0.308 e. The number of hydrogen-bond acceptors (Lipinski definition) is 15. The van der Waals surface area contributed by atoms with Crippen molar-refractivity contribution >= 4 is 24.0 Å². The third kappa shape index (κ3) is 12.2. The Balaban J connectivity index is 1.92. The first kappa shape index (κ1) is 44.8. The predicted octanol–water partition coefficient (Wildman–Crippen LogP) is 2.01. The minimum atomic E-state index is -1.48. The highest BCUT2D eigenvalue weighted by atomic mass is 16.7. The average Bonchev–Trinajstić information content (AvgIpc) is 3.06. The first-order valence-electron chi connectivity index (χ1n) is 18.5. The molecule has 0 aromatic carbocycles. The molecule has 15 heteroatoms. The summed E-state index contributed by atoms with van der Waals surface area (Å²) in [6.45, 7) is 10.0. The van der Waals surface area contributed by atoms with E-state index in [0.29, 0.717) is 12.7 Å². The fourth-order valence-electron chi connectivity index (χ4n) is 7.38. The largest absolute Gasteiger partial charge is 0.462 e. The van der Waals surface area contributed by atoms with Crippen LogP contribution in [0.15, 0.2) is 24.3 Å². The number of hydrogen-bond donors (Lipinski definition) is 3. The molecule has 0 saturated carbocycles. The van der Waals surface area contributed by atoms with Gasteiger partial charge in [-0.3, -0.25) is 14.4 Å². The molecule has 0 aromatic heterocycles. The topological polar surface area (TPSA) is 197 Å². The van der Waals surface area contributed by atoms with Gasteiger partial charge < -0.3 is 58.2 Å². The van der Waals surface area contributed by atoms with Crippen LogP contribution in [0.3, 0.4) is 0 Å². The Morgan fingerprint density at radius 2 is 1.74 bits per heavy atom. The third-order valence-electron chi connectivity index (χ3n) is 10.2. The van der Waals surface area contributed by atoms with E-state index in [1.54, 1.807) is 78.8 Å². The highest BCUT2D eigenvalue weighted by Gasteiger charge is 2.52. The van der Waals surface area contributed by atoms with Gasteiger partial charge in [0, 0.05) is 38.7 Å². The van der Waals surface area contributed by atoms with Gasteiger partial charge in [0.05, 0.1) is 36.9 Å². The minimum Gasteiger partial charge on any atom is -0.462 e. The summed E-state index contributed by atoms with van der Waals surface area (Å²) in [6.07, 6.45) is -3.88. The molecule has 3 aliphatic rings. The van der Waals surface area contributed by atoms with Gasteiger partial charge in [-0.05, 0) is 60.2 Å². The Bertz CT molecular complexity index is 1270. The fourth-order valence-corrected chi connectivity index (χ4v) is 7.38. The molecule has 3 rings (SSSR count). The van der Waals surface area contributed by atoms with Crippen molar-refractivity contribution < 1.29 is 67.7 Å². The molecule has 0 amide bonds. The molecule has 53 heavy (non-hydrogen) atoms. The Morgan fingerprint density at radius 3 is 2.34 bits per heavy atom. The van der Waals surface area contributed by atoms with Gasteiger partial charge in [-0.2, -0.15) is 0 Å². The number of esters is 2. The number of ketones is 1. The molecule has 0 spiro atoms. The van der Waals surface area contributed by atoms with E-state index in [-0.39, 0.29) is 31.5 Å². The van der Waals surface area contributed by atoms with Crippen LogP contribution < -0.4 is 0 Å². The van der Waals surface area contributed by atoms with Gasteiger partial charge in [0.25, 0.3) is 0 Å². The second-order valence-electron chi connectivity index (χ2n) is 14.9. The van der Waals surface area contributed by atoms with Crippen molar-refractivity contribution in [3.8, 4) is 0 Å². The number of carbonyl (C=O) groups is 4. The summed E-state index contributed by atoms with van der Waals surface area (Å²) in [7, 11) is 4.82. The van der Waals surface area contributed by atoms with Crippen LogP contribution in [0.2, 0.25) is 0 Å². The average molecular weight is 756 g/mol. The molecule has 0 bridgehead atoms. The van der Waals surface area contributed by atoms with E-state index < -0.39 is 109 Å². The first-order valence-corrected chi connectivity index (χ1v) is 18.5. The molecule has 3 heterocycles. The number of aldehydes is 1. The van der Waals surface area contributed by atoms with E-state index in [0.717, 1.165) is 0 Å². The molecule has 15 atom stereocenters. The lowest BCUT2D eigenvalue weighted by molar-refractivity contribution is -0.344. The molecule has 3 N–H and O–H groups in total. The number of nitrogens with zero attached hydrogens (tertiary/aromatic N) is 1. The van der Waals surface area contributed by atoms with Crippen LogP contribution in [0, 0.1) is 11.8 Å². The van der Waals surface area contributed by atoms with Crippen molar-refractivity contribution in [2.75, 3.05) is 21.2 Å². The lowest BCUT2D eigenvalue weighted by Gasteiger charge is -2.50. The van der Waals surface area contributed by atoms with Crippen molar-refractivity contribution in [1.82, 2.24) is 4.90 Å². The Kier molecular flexibility index (Phi) is 17.2. The van der Waals surface area contributed by atoms with Crippen LogP contribution in [0.25, 0.3) is 0 Å². The highest BCUT2D eigenvalue weighted by Crippen LogP contribution is 2.37. The summed E-state index contributed by atoms with van der Waals surface area (Å²) < 4.78 is 41.9. The van der Waals surface area contributed by atoms with E-state index in [2.05, 4.69) is 0 Å². The van der Waals surface area contributed by atoms with Crippen molar-refractivity contribution in [2.45, 2.75) is 159 Å². The summed E-state index contributed by atoms with van der Waals surface area (Å²) >= 11 is 0. The van der Waals surface area contributed by atoms with Crippen molar-refractivity contribution in [2.24, 2.45) is 11.8 Å². The zero-order valence-corrected chi connectivity index (χ0v) is 32.5. The van der Waals surface area contributed by atoms with Crippen molar-refractivity contribution in [3.63, 3.8) is 0 Å². The number of cyclic esters (lactones) is 1. The molecule has 15 nitrogen and oxygen atoms in total. The summed E-state index contributed by atoms with van der Waals surface area (Å²) in [5.41, 5.74) is -1.48. The quantitative estimate of drug-likeness (QED) is 0.216. The molecule has 3 aliphatic heterocycles. The molecular weight excluding hydrogens is 694 g/mol. The van der Waals surface area contributed by atoms with Crippen LogP contribution in [-0.4, -0.2) is 145 Å². The van der Waals surface area contributed by atoms with E-state index in [9.17, 15) is 34.5 Å². The molecule has 2 saturated heterocycles. The number of allylic oxidation sites excluding steroid dienone is 3. The summed E-state index contributed by atoms with van der Waals surface area (Å²) in [5, 5.41) is 34.5. The smallest absolute Gasteiger partial charge is 0.308 e. The first-order chi connectivity index (χ1) is 24.9. The van der Waals surface area contributed by atoms with Gasteiger partial charge in [-0.1, -0.05) is 32.1 Å². The van der Waals surface area contributed by atoms with Crippen LogP contribution >= 0.6 is 0 Å². The zero-order valence-electron chi connectivity index (χ0n) is 32.5. The van der Waals surface area contributed by atoms with Gasteiger partial charge in [-0.25, -0.2) is 0 Å². The van der Waals surface area contributed by atoms with E-state index in [1.165, 1.54) is 13.2 Å². The van der Waals surface area contributed by atoms with Crippen molar-refractivity contribution in [1.29, 1.82) is 0 Å². The maximum absolute atomic E-state index is 13.1. The van der Waals surface area contributed by atoms with E-state index in [1.807, 2.05) is 0 Å². The standard InChI is InChI=1S/C38H61NO14/c1-10-28(43)51-36-24(5)49-30(20-38(36,6)46)52-33-23(4)50-37(32(45)31(33)39(7)8)53-34-25(16-17-40)18-21(2)26(41)15-13-11-12-14-22(3)48-29(44)19-27(42)35(34)47-9/h11-13,15,17,21-25,27,30-37,42,45-46H,10,14,16,18-20H2,1-9H3/b12-11+,15-13+/t21-,22-,23-,24+,25+,27-,30+,31-,32-,33-,34+,35?,36+,37+,38-/m1/s1. The summed E-state index contributed by atoms with van der Waals surface area (Å²) in [6, 6.07) is -0.764. The molecular formula is C38H61NO14. The predicted molar refractivity (Wildman–Crippen MR) is 190 cm³/mol. The molecule has 302 valence electrons. The number of aliphatic hydroxyl groups excluding tert-OH is 2. The summed E-state index contributed by atoms with van der Waals surface area (Å²) in [4.78, 5) is 51.8. The zero-order chi connectivity index (χ0) is 39.6. The van der Waals surface area contributed by atoms with Gasteiger partial charge in [0.15, 0.2) is 24.5 Å². The van der Waals surface area contributed by atoms with Crippen LogP contribution in [0.5, 0.6) is 0 Å². The Labute approximate surface area is 312 Å². The van der Waals surface area contributed by atoms with Crippen LogP contribution in [0.1, 0.15) is 80.1 Å². The molecule has 0 radical (unpaired) electrons. The monoisotopic (exact) mass is 755 g/mol. The fraction of sp³-hybridized carbons (Fsp3) is 0.789. The number of likely N-dealkylation sites (N-methyl/N-ethyl adjacent to an activating group) is 1. The van der Waals surface area contributed by atoms with E-state index >= 15 is 0 Å². The number of carbonyl (C=O) groups excluding carboxylic acids is 4. The third-order valence-corrected chi connectivity index (χ3v) is 10.2. The Morgan fingerprint density at radius 1 is 1.04 bits per heavy atom. The molecule has 0 aromatic rings. The lowest BCUT2D eigenvalue weighted by atomic mass is 9.83. The molecule has 2 fully saturated rings. The Hall–Kier alpha value is -2.60. The van der Waals surface area contributed by atoms with Gasteiger partial charge in [-0.15, -0.1) is 0 Å². The normalized spacial score (nSPS) is 42.1. The lowest BCUT2D eigenvalue weighted by Crippen LogP contribution is -2.66. The van der Waals surface area contributed by atoms with Gasteiger partial charge >= 0.3 is 11.9 Å². The van der Waals surface area contributed by atoms with Crippen LogP contribution in [-0.2, 0) is 52.3 Å². The van der Waals surface area contributed by atoms with E-state index in [4.69, 9.17) is 33.2 Å². The summed E-state index contributed by atoms with van der Waals surface area (Å²) in [5.74, 6) is -2.60. The number of rotatable bonds is 10. The maximum atomic E-state index is 13.1. The minimum absolute atomic E-state index is 0.0369. The van der Waals surface area contributed by atoms with Crippen LogP contribution in [0.4, 0.5) is 0 Å². The second kappa shape index (κ2) is 20.4. The number of ether oxygens (including phenoxy) is 7. The number of aliphatic hydroxyl groups is 3. The SMILES string of the molecule is CCC(=O)O[C@H]1[C@H](C)O[C@@H](O[C@H]2[C@H](N(C)C)[C@@H](O)[C@H](O[C@@H]3C(OC)[C@H](O)CC(=O)O[C@H](C)C/C=C/C=C/C(=O)[C@H](C)C[C@@H]3CC=O)O[C@@H]2C)C[C@@]1(C)O. The molecule has 0 aliphatic carbocycles. The van der Waals surface area contributed by atoms with Crippen molar-refractivity contribution in [3.05, 3.63) is 24.3 Å². The van der Waals surface area contributed by atoms with Gasteiger partial charge in [0.1, 0.15) is 36.3 Å². The number of methoxy groups -OCH3 is 1. The van der Waals surface area contributed by atoms with Gasteiger partial charge in [0.2, 0.25) is 0 Å². The highest BCUT2D eigenvalue weighted by molar-refractivity contribution is 5.91.